The van der Waals surface area contributed by atoms with Crippen molar-refractivity contribution in [1.82, 2.24) is 4.98 Å². The van der Waals surface area contributed by atoms with Gasteiger partial charge in [0.15, 0.2) is 0 Å². The molecule has 0 spiro atoms. The molecule has 0 radical (unpaired) electrons. The molecule has 0 saturated heterocycles. The molecule has 1 heterocycles. The van der Waals surface area contributed by atoms with Crippen molar-refractivity contribution in [1.29, 1.82) is 0 Å². The summed E-state index contributed by atoms with van der Waals surface area (Å²) >= 11 is 5.74. The Hall–Kier alpha value is -1.81. The molecule has 2 rings (SSSR count). The van der Waals surface area contributed by atoms with Gasteiger partial charge in [0.2, 0.25) is 5.88 Å². The van der Waals surface area contributed by atoms with Gasteiger partial charge in [-0.3, -0.25) is 0 Å². The summed E-state index contributed by atoms with van der Waals surface area (Å²) in [5.41, 5.74) is 6.56. The summed E-state index contributed by atoms with van der Waals surface area (Å²) in [6.45, 7) is 1.65. The minimum Gasteiger partial charge on any atom is -0.439 e. The largest absolute Gasteiger partial charge is 0.439 e. The van der Waals surface area contributed by atoms with Crippen LogP contribution in [0.25, 0.3) is 0 Å². The van der Waals surface area contributed by atoms with Gasteiger partial charge in [-0.15, -0.1) is 0 Å². The molecule has 3 nitrogen and oxygen atoms in total. The number of halogens is 2. The van der Waals surface area contributed by atoms with E-state index in [2.05, 4.69) is 4.98 Å². The van der Waals surface area contributed by atoms with Crippen molar-refractivity contribution in [3.63, 3.8) is 0 Å². The predicted molar refractivity (Wildman–Crippen MR) is 64.9 cm³/mol. The second kappa shape index (κ2) is 4.59. The Kier molecular flexibility index (Phi) is 3.15. The van der Waals surface area contributed by atoms with Crippen LogP contribution in [0.5, 0.6) is 11.6 Å². The van der Waals surface area contributed by atoms with E-state index >= 15 is 0 Å². The SMILES string of the molecule is Cc1cc(Oc2cc(N)cc(Cl)n2)ccc1F. The molecule has 5 heteroatoms. The number of hydrogen-bond acceptors (Lipinski definition) is 3. The predicted octanol–water partition coefficient (Wildman–Crippen LogP) is 3.56. The summed E-state index contributed by atoms with van der Waals surface area (Å²) in [5.74, 6) is 0.481. The molecule has 0 bridgehead atoms. The Balaban J connectivity index is 2.28. The van der Waals surface area contributed by atoms with Crippen LogP contribution >= 0.6 is 11.6 Å². The lowest BCUT2D eigenvalue weighted by atomic mass is 10.2. The molecular weight excluding hydrogens is 243 g/mol. The molecule has 0 fully saturated rings. The summed E-state index contributed by atoms with van der Waals surface area (Å²) in [5, 5.41) is 0.249. The highest BCUT2D eigenvalue weighted by Crippen LogP contribution is 2.25. The van der Waals surface area contributed by atoms with Crippen molar-refractivity contribution in [3.8, 4) is 11.6 Å². The van der Waals surface area contributed by atoms with Gasteiger partial charge in [0.1, 0.15) is 16.7 Å². The highest BCUT2D eigenvalue weighted by atomic mass is 35.5. The summed E-state index contributed by atoms with van der Waals surface area (Å²) < 4.78 is 18.5. The van der Waals surface area contributed by atoms with E-state index in [1.165, 1.54) is 18.2 Å². The minimum absolute atomic E-state index is 0.249. The van der Waals surface area contributed by atoms with Gasteiger partial charge in [-0.25, -0.2) is 9.37 Å². The number of aromatic nitrogens is 1. The zero-order chi connectivity index (χ0) is 12.4. The second-order valence-corrected chi connectivity index (χ2v) is 3.96. The summed E-state index contributed by atoms with van der Waals surface area (Å²) in [7, 11) is 0. The third kappa shape index (κ3) is 2.85. The molecule has 1 aromatic carbocycles. The molecule has 0 saturated carbocycles. The number of anilines is 1. The smallest absolute Gasteiger partial charge is 0.222 e. The molecule has 0 amide bonds. The van der Waals surface area contributed by atoms with Crippen LogP contribution in [0.2, 0.25) is 5.15 Å². The van der Waals surface area contributed by atoms with E-state index in [1.807, 2.05) is 0 Å². The Bertz CT molecular complexity index is 540. The van der Waals surface area contributed by atoms with Crippen LogP contribution in [-0.2, 0) is 0 Å². The Morgan fingerprint density at radius 2 is 2.06 bits per heavy atom. The van der Waals surface area contributed by atoms with Crippen LogP contribution in [0.15, 0.2) is 30.3 Å². The third-order valence-corrected chi connectivity index (χ3v) is 2.34. The van der Waals surface area contributed by atoms with Crippen molar-refractivity contribution in [2.45, 2.75) is 6.92 Å². The molecule has 0 unspecified atom stereocenters. The van der Waals surface area contributed by atoms with E-state index < -0.39 is 0 Å². The Morgan fingerprint density at radius 1 is 1.29 bits per heavy atom. The maximum atomic E-state index is 13.1. The monoisotopic (exact) mass is 252 g/mol. The molecule has 17 heavy (non-hydrogen) atoms. The molecule has 0 aliphatic heterocycles. The number of aryl methyl sites for hydroxylation is 1. The summed E-state index contributed by atoms with van der Waals surface area (Å²) in [6.07, 6.45) is 0. The van der Waals surface area contributed by atoms with Crippen molar-refractivity contribution in [2.24, 2.45) is 0 Å². The fourth-order valence-corrected chi connectivity index (χ4v) is 1.55. The topological polar surface area (TPSA) is 48.1 Å². The van der Waals surface area contributed by atoms with E-state index in [0.717, 1.165) is 0 Å². The molecule has 2 aromatic rings. The van der Waals surface area contributed by atoms with Gasteiger partial charge in [-0.05, 0) is 36.8 Å². The number of ether oxygens (including phenoxy) is 1. The Morgan fingerprint density at radius 3 is 2.71 bits per heavy atom. The second-order valence-electron chi connectivity index (χ2n) is 3.57. The van der Waals surface area contributed by atoms with Gasteiger partial charge in [0.05, 0.1) is 0 Å². The van der Waals surface area contributed by atoms with Gasteiger partial charge >= 0.3 is 0 Å². The van der Waals surface area contributed by atoms with Crippen LogP contribution in [0, 0.1) is 12.7 Å². The van der Waals surface area contributed by atoms with Crippen molar-refractivity contribution in [3.05, 3.63) is 46.9 Å². The molecule has 88 valence electrons. The van der Waals surface area contributed by atoms with Crippen LogP contribution in [0.3, 0.4) is 0 Å². The van der Waals surface area contributed by atoms with Gasteiger partial charge in [-0.2, -0.15) is 0 Å². The molecule has 1 aromatic heterocycles. The lowest BCUT2D eigenvalue weighted by Crippen LogP contribution is -1.93. The van der Waals surface area contributed by atoms with E-state index in [0.29, 0.717) is 17.0 Å². The molecule has 2 N–H and O–H groups in total. The number of nitrogens with zero attached hydrogens (tertiary/aromatic N) is 1. The number of rotatable bonds is 2. The molecular formula is C12H10ClFN2O. The van der Waals surface area contributed by atoms with E-state index in [-0.39, 0.29) is 16.9 Å². The fourth-order valence-electron chi connectivity index (χ4n) is 1.35. The lowest BCUT2D eigenvalue weighted by molar-refractivity contribution is 0.461. The van der Waals surface area contributed by atoms with E-state index in [1.54, 1.807) is 19.1 Å². The zero-order valence-corrected chi connectivity index (χ0v) is 9.83. The minimum atomic E-state index is -0.282. The summed E-state index contributed by atoms with van der Waals surface area (Å²) in [6, 6.07) is 7.49. The first kappa shape index (κ1) is 11.7. The van der Waals surface area contributed by atoms with Crippen molar-refractivity contribution >= 4 is 17.3 Å². The fraction of sp³-hybridized carbons (Fsp3) is 0.0833. The molecule has 0 aliphatic rings. The van der Waals surface area contributed by atoms with Crippen LogP contribution in [-0.4, -0.2) is 4.98 Å². The average Bonchev–Trinajstić information content (AvgIpc) is 2.22. The third-order valence-electron chi connectivity index (χ3n) is 2.14. The lowest BCUT2D eigenvalue weighted by Gasteiger charge is -2.07. The first-order chi connectivity index (χ1) is 8.04. The quantitative estimate of drug-likeness (QED) is 0.832. The average molecular weight is 253 g/mol. The number of pyridine rings is 1. The highest BCUT2D eigenvalue weighted by molar-refractivity contribution is 6.29. The first-order valence-corrected chi connectivity index (χ1v) is 5.29. The van der Waals surface area contributed by atoms with Crippen molar-refractivity contribution < 1.29 is 9.13 Å². The van der Waals surface area contributed by atoms with Gasteiger partial charge in [-0.1, -0.05) is 11.6 Å². The van der Waals surface area contributed by atoms with Gasteiger partial charge in [0, 0.05) is 11.8 Å². The van der Waals surface area contributed by atoms with Crippen molar-refractivity contribution in [2.75, 3.05) is 5.73 Å². The van der Waals surface area contributed by atoms with Gasteiger partial charge in [0.25, 0.3) is 0 Å². The summed E-state index contributed by atoms with van der Waals surface area (Å²) in [4.78, 5) is 3.95. The maximum absolute atomic E-state index is 13.1. The normalized spacial score (nSPS) is 10.3. The zero-order valence-electron chi connectivity index (χ0n) is 9.08. The molecule has 0 atom stereocenters. The number of hydrogen-bond donors (Lipinski definition) is 1. The van der Waals surface area contributed by atoms with Crippen LogP contribution < -0.4 is 10.5 Å². The standard InChI is InChI=1S/C12H10ClFN2O/c1-7-4-9(2-3-10(7)14)17-12-6-8(15)5-11(13)16-12/h2-6H,1H3,(H2,15,16). The van der Waals surface area contributed by atoms with Crippen LogP contribution in [0.1, 0.15) is 5.56 Å². The highest BCUT2D eigenvalue weighted by Gasteiger charge is 2.04. The van der Waals surface area contributed by atoms with Crippen LogP contribution in [0.4, 0.5) is 10.1 Å². The van der Waals surface area contributed by atoms with E-state index in [4.69, 9.17) is 22.1 Å². The van der Waals surface area contributed by atoms with E-state index in [9.17, 15) is 4.39 Å². The Labute approximate surface area is 103 Å². The molecule has 0 aliphatic carbocycles. The first-order valence-electron chi connectivity index (χ1n) is 4.91. The number of benzene rings is 1. The number of nitrogen functional groups attached to an aromatic ring is 1. The number of nitrogens with two attached hydrogens (primary N) is 1. The maximum Gasteiger partial charge on any atom is 0.222 e. The van der Waals surface area contributed by atoms with Gasteiger partial charge < -0.3 is 10.5 Å².